The lowest BCUT2D eigenvalue weighted by Crippen LogP contribution is -2.54. The zero-order valence-electron chi connectivity index (χ0n) is 13.6. The van der Waals surface area contributed by atoms with Crippen molar-refractivity contribution in [1.29, 1.82) is 0 Å². The molecular formula is C15H10F2IO8S2-. The lowest BCUT2D eigenvalue weighted by Gasteiger charge is -2.40. The number of carbonyl (C=O) groups is 2. The van der Waals surface area contributed by atoms with E-state index < -0.39 is 49.7 Å². The summed E-state index contributed by atoms with van der Waals surface area (Å²) in [6, 6.07) is 5.00. The molecule has 3 aliphatic heterocycles. The van der Waals surface area contributed by atoms with Crippen LogP contribution < -0.4 is 4.74 Å². The van der Waals surface area contributed by atoms with E-state index in [0.29, 0.717) is 5.75 Å². The van der Waals surface area contributed by atoms with Gasteiger partial charge in [-0.05, 0) is 40.8 Å². The minimum absolute atomic E-state index is 0.00302. The zero-order valence-corrected chi connectivity index (χ0v) is 17.4. The van der Waals surface area contributed by atoms with Gasteiger partial charge < -0.3 is 18.8 Å². The van der Waals surface area contributed by atoms with Crippen molar-refractivity contribution in [2.75, 3.05) is 0 Å². The molecule has 1 spiro atoms. The monoisotopic (exact) mass is 547 g/mol. The third-order valence-electron chi connectivity index (χ3n) is 4.70. The van der Waals surface area contributed by atoms with E-state index in [1.807, 2.05) is 22.6 Å². The first-order valence-electron chi connectivity index (χ1n) is 7.85. The number of hydrogen-bond acceptors (Lipinski definition) is 9. The average molecular weight is 547 g/mol. The molecule has 2 fully saturated rings. The molecule has 2 saturated heterocycles. The molecule has 2 bridgehead atoms. The quantitative estimate of drug-likeness (QED) is 0.318. The van der Waals surface area contributed by atoms with Crippen LogP contribution in [-0.2, 0) is 24.4 Å². The highest BCUT2D eigenvalue weighted by molar-refractivity contribution is 14.1. The average Bonchev–Trinajstić information content (AvgIpc) is 3.12. The van der Waals surface area contributed by atoms with Gasteiger partial charge in [-0.15, -0.1) is 11.8 Å². The Bertz CT molecular complexity index is 984. The van der Waals surface area contributed by atoms with Crippen LogP contribution in [0, 0.1) is 3.57 Å². The van der Waals surface area contributed by atoms with Crippen LogP contribution in [0.4, 0.5) is 8.78 Å². The van der Waals surface area contributed by atoms with E-state index in [2.05, 4.69) is 4.74 Å². The standard InChI is InChI=1S/C15H11F2IO8S2/c16-15(17,28(21,22)23)13(20)24-9-4-11-14(5-10(9)27-11)25-8-2-1-6(18)3-7(8)12(19)26-14/h1-3,9-11H,4-5H2,(H,21,22,23)/p-1. The van der Waals surface area contributed by atoms with E-state index in [0.717, 1.165) is 3.57 Å². The van der Waals surface area contributed by atoms with E-state index in [-0.39, 0.29) is 18.4 Å². The fourth-order valence-electron chi connectivity index (χ4n) is 3.41. The van der Waals surface area contributed by atoms with E-state index in [9.17, 15) is 31.3 Å². The molecule has 28 heavy (non-hydrogen) atoms. The molecule has 8 nitrogen and oxygen atoms in total. The summed E-state index contributed by atoms with van der Waals surface area (Å²) >= 11 is 3.27. The van der Waals surface area contributed by atoms with Gasteiger partial charge in [-0.25, -0.2) is 18.0 Å². The third-order valence-corrected chi connectivity index (χ3v) is 7.86. The molecule has 13 heteroatoms. The molecule has 4 rings (SSSR count). The smallest absolute Gasteiger partial charge is 0.428 e. The number of thioether (sulfide) groups is 1. The number of hydrogen-bond donors (Lipinski definition) is 0. The predicted octanol–water partition coefficient (Wildman–Crippen LogP) is 1.86. The maximum Gasteiger partial charge on any atom is 0.428 e. The van der Waals surface area contributed by atoms with Crippen LogP contribution in [0.25, 0.3) is 0 Å². The van der Waals surface area contributed by atoms with Gasteiger partial charge in [-0.1, -0.05) is 0 Å². The fourth-order valence-corrected chi connectivity index (χ4v) is 5.94. The highest BCUT2D eigenvalue weighted by Gasteiger charge is 2.64. The van der Waals surface area contributed by atoms with Gasteiger partial charge in [0, 0.05) is 21.7 Å². The van der Waals surface area contributed by atoms with E-state index >= 15 is 0 Å². The molecule has 4 unspecified atom stereocenters. The molecule has 0 saturated carbocycles. The largest absolute Gasteiger partial charge is 0.743 e. The summed E-state index contributed by atoms with van der Waals surface area (Å²) in [6.07, 6.45) is -0.989. The second-order valence-corrected chi connectivity index (χ2v) is 10.6. The number of halogens is 3. The minimum Gasteiger partial charge on any atom is -0.743 e. The zero-order chi connectivity index (χ0) is 20.5. The Morgan fingerprint density at radius 2 is 2.11 bits per heavy atom. The van der Waals surface area contributed by atoms with Crippen LogP contribution in [-0.4, -0.2) is 52.6 Å². The Kier molecular flexibility index (Phi) is 4.60. The van der Waals surface area contributed by atoms with Crippen molar-refractivity contribution in [3.05, 3.63) is 27.3 Å². The van der Waals surface area contributed by atoms with Gasteiger partial charge in [0.05, 0.1) is 5.25 Å². The maximum absolute atomic E-state index is 13.3. The molecule has 3 aliphatic rings. The van der Waals surface area contributed by atoms with Crippen LogP contribution in [0.15, 0.2) is 18.2 Å². The predicted molar refractivity (Wildman–Crippen MR) is 96.9 cm³/mol. The van der Waals surface area contributed by atoms with Crippen molar-refractivity contribution < 1.29 is 45.6 Å². The normalized spacial score (nSPS) is 31.3. The third kappa shape index (κ3) is 3.06. The van der Waals surface area contributed by atoms with Crippen LogP contribution in [0.5, 0.6) is 5.75 Å². The Balaban J connectivity index is 1.50. The number of carbonyl (C=O) groups excluding carboxylic acids is 2. The summed E-state index contributed by atoms with van der Waals surface area (Å²) in [4.78, 5) is 23.9. The van der Waals surface area contributed by atoms with Crippen molar-refractivity contribution in [1.82, 2.24) is 0 Å². The topological polar surface area (TPSA) is 119 Å². The van der Waals surface area contributed by atoms with E-state index in [1.165, 1.54) is 11.8 Å². The second kappa shape index (κ2) is 6.40. The molecule has 0 N–H and O–H groups in total. The highest BCUT2D eigenvalue weighted by Crippen LogP contribution is 2.56. The molecule has 1 aromatic rings. The van der Waals surface area contributed by atoms with Gasteiger partial charge in [0.2, 0.25) is 0 Å². The molecule has 0 amide bonds. The number of rotatable bonds is 3. The van der Waals surface area contributed by atoms with Gasteiger partial charge in [0.1, 0.15) is 17.4 Å². The SMILES string of the molecule is O=C1OC2(CC3SC2CC3OC(=O)C(F)(F)S(=O)(=O)[O-])Oc2ccc(I)cc21. The number of fused-ring (bicyclic) bond motifs is 4. The van der Waals surface area contributed by atoms with Crippen molar-refractivity contribution in [2.45, 2.75) is 40.5 Å². The summed E-state index contributed by atoms with van der Waals surface area (Å²) in [7, 11) is -6.19. The first-order chi connectivity index (χ1) is 12.9. The summed E-state index contributed by atoms with van der Waals surface area (Å²) < 4.78 is 75.2. The summed E-state index contributed by atoms with van der Waals surface area (Å²) in [5, 5.41) is -6.23. The Hall–Kier alpha value is -1.19. The molecule has 4 atom stereocenters. The number of esters is 2. The van der Waals surface area contributed by atoms with Gasteiger partial charge in [-0.2, -0.15) is 8.78 Å². The molecule has 3 heterocycles. The minimum atomic E-state index is -6.19. The molecule has 0 aliphatic carbocycles. The van der Waals surface area contributed by atoms with Crippen LogP contribution in [0.2, 0.25) is 0 Å². The number of ether oxygens (including phenoxy) is 3. The van der Waals surface area contributed by atoms with Crippen LogP contribution in [0.3, 0.4) is 0 Å². The Morgan fingerprint density at radius 3 is 2.71 bits per heavy atom. The van der Waals surface area contributed by atoms with Gasteiger partial charge in [-0.3, -0.25) is 0 Å². The van der Waals surface area contributed by atoms with Crippen LogP contribution in [0.1, 0.15) is 23.2 Å². The fraction of sp³-hybridized carbons (Fsp3) is 0.467. The summed E-state index contributed by atoms with van der Waals surface area (Å²) in [6.45, 7) is 0. The van der Waals surface area contributed by atoms with E-state index in [1.54, 1.807) is 18.2 Å². The van der Waals surface area contributed by atoms with Crippen molar-refractivity contribution in [3.8, 4) is 5.75 Å². The molecule has 0 radical (unpaired) electrons. The van der Waals surface area contributed by atoms with E-state index in [4.69, 9.17) is 9.47 Å². The first kappa shape index (κ1) is 20.1. The first-order valence-corrected chi connectivity index (χ1v) is 11.3. The number of alkyl halides is 2. The lowest BCUT2D eigenvalue weighted by molar-refractivity contribution is -0.185. The molecule has 1 aromatic carbocycles. The molecular weight excluding hydrogens is 537 g/mol. The highest BCUT2D eigenvalue weighted by atomic mass is 127. The summed E-state index contributed by atoms with van der Waals surface area (Å²) in [5.74, 6) is -3.97. The van der Waals surface area contributed by atoms with Crippen LogP contribution >= 0.6 is 34.4 Å². The Morgan fingerprint density at radius 1 is 1.39 bits per heavy atom. The van der Waals surface area contributed by atoms with Crippen molar-refractivity contribution >= 4 is 56.4 Å². The maximum atomic E-state index is 13.3. The van der Waals surface area contributed by atoms with Gasteiger partial charge in [0.25, 0.3) is 5.79 Å². The second-order valence-electron chi connectivity index (χ2n) is 6.46. The van der Waals surface area contributed by atoms with Crippen molar-refractivity contribution in [2.24, 2.45) is 0 Å². The molecule has 0 aromatic heterocycles. The van der Waals surface area contributed by atoms with Gasteiger partial charge in [0.15, 0.2) is 10.1 Å². The van der Waals surface area contributed by atoms with Gasteiger partial charge >= 0.3 is 17.2 Å². The lowest BCUT2D eigenvalue weighted by atomic mass is 9.90. The Labute approximate surface area is 175 Å². The summed E-state index contributed by atoms with van der Waals surface area (Å²) in [5.41, 5.74) is 0.272. The van der Waals surface area contributed by atoms with Crippen molar-refractivity contribution in [3.63, 3.8) is 0 Å². The number of benzene rings is 1. The molecule has 152 valence electrons.